The van der Waals surface area contributed by atoms with Crippen molar-refractivity contribution in [3.05, 3.63) is 48.0 Å². The molecule has 2 aromatic heterocycles. The molecule has 2 amide bonds. The summed E-state index contributed by atoms with van der Waals surface area (Å²) in [6.07, 6.45) is -0.735. The highest BCUT2D eigenvalue weighted by atomic mass is 16.5. The third-order valence-corrected chi connectivity index (χ3v) is 5.51. The predicted octanol–water partition coefficient (Wildman–Crippen LogP) is 0.0149. The molecule has 0 spiro atoms. The van der Waals surface area contributed by atoms with Gasteiger partial charge in [-0.25, -0.2) is 19.7 Å². The summed E-state index contributed by atoms with van der Waals surface area (Å²) in [6.45, 7) is 3.67. The van der Waals surface area contributed by atoms with Crippen LogP contribution in [-0.4, -0.2) is 86.7 Å². The van der Waals surface area contributed by atoms with E-state index in [4.69, 9.17) is 10.5 Å². The van der Waals surface area contributed by atoms with Gasteiger partial charge < -0.3 is 36.2 Å². The Bertz CT molecular complexity index is 1070. The maximum Gasteiger partial charge on any atom is 0.315 e. The molecule has 6 N–H and O–H groups in total. The number of aliphatic hydroxyl groups is 2. The standard InChI is InChI=1S/C22H32N8O4/c1-14-4-6-15(7-5-14)10-25-22(33)24-8-9-29(2)11-16(34-3)18(31)21(32)30-13-28-17-19(23)26-12-27-20(17)30/h4-7,12-13,16,18,21,31-32H,8-11H2,1-3H3,(H2,23,26,27)(H2,24,25,33)/t16-,18-,21-/m1/s1. The van der Waals surface area contributed by atoms with Crippen molar-refractivity contribution < 1.29 is 19.7 Å². The number of aliphatic hydroxyl groups excluding tert-OH is 2. The van der Waals surface area contributed by atoms with Gasteiger partial charge in [0.15, 0.2) is 17.7 Å². The molecule has 34 heavy (non-hydrogen) atoms. The van der Waals surface area contributed by atoms with E-state index in [9.17, 15) is 15.0 Å². The van der Waals surface area contributed by atoms with Gasteiger partial charge in [-0.15, -0.1) is 0 Å². The molecule has 184 valence electrons. The molecule has 0 saturated carbocycles. The molecule has 0 unspecified atom stereocenters. The van der Waals surface area contributed by atoms with Crippen molar-refractivity contribution in [1.82, 2.24) is 35.1 Å². The van der Waals surface area contributed by atoms with Crippen LogP contribution in [0.15, 0.2) is 36.9 Å². The molecule has 2 heterocycles. The zero-order valence-electron chi connectivity index (χ0n) is 19.5. The summed E-state index contributed by atoms with van der Waals surface area (Å²) in [5.74, 6) is 0.184. The lowest BCUT2D eigenvalue weighted by atomic mass is 10.1. The molecule has 12 nitrogen and oxygen atoms in total. The van der Waals surface area contributed by atoms with Crippen LogP contribution in [0.3, 0.4) is 0 Å². The van der Waals surface area contributed by atoms with Crippen molar-refractivity contribution in [2.24, 2.45) is 0 Å². The Labute approximate surface area is 197 Å². The molecule has 3 aromatic rings. The number of nitrogens with zero attached hydrogens (tertiary/aromatic N) is 5. The first-order valence-corrected chi connectivity index (χ1v) is 10.9. The van der Waals surface area contributed by atoms with Gasteiger partial charge in [-0.1, -0.05) is 29.8 Å². The molecule has 12 heteroatoms. The van der Waals surface area contributed by atoms with E-state index < -0.39 is 18.4 Å². The van der Waals surface area contributed by atoms with E-state index >= 15 is 0 Å². The fourth-order valence-corrected chi connectivity index (χ4v) is 3.45. The quantitative estimate of drug-likeness (QED) is 0.259. The van der Waals surface area contributed by atoms with Crippen LogP contribution >= 0.6 is 0 Å². The number of rotatable bonds is 11. The maximum atomic E-state index is 12.0. The van der Waals surface area contributed by atoms with E-state index in [2.05, 4.69) is 25.6 Å². The highest BCUT2D eigenvalue weighted by Gasteiger charge is 2.30. The van der Waals surface area contributed by atoms with Gasteiger partial charge >= 0.3 is 6.03 Å². The number of nitrogens with one attached hydrogen (secondary N) is 2. The normalized spacial score (nSPS) is 14.2. The number of carbonyl (C=O) groups is 1. The van der Waals surface area contributed by atoms with Gasteiger partial charge in [0.25, 0.3) is 0 Å². The van der Waals surface area contributed by atoms with Crippen LogP contribution in [0, 0.1) is 6.92 Å². The second-order valence-electron chi connectivity index (χ2n) is 8.12. The van der Waals surface area contributed by atoms with Gasteiger partial charge in [0.05, 0.1) is 6.33 Å². The van der Waals surface area contributed by atoms with E-state index in [1.807, 2.05) is 43.1 Å². The summed E-state index contributed by atoms with van der Waals surface area (Å²) < 4.78 is 6.74. The molecule has 3 atom stereocenters. The molecule has 0 fully saturated rings. The minimum atomic E-state index is -1.36. The lowest BCUT2D eigenvalue weighted by Crippen LogP contribution is -2.45. The molecule has 0 radical (unpaired) electrons. The Morgan fingerprint density at radius 3 is 2.65 bits per heavy atom. The number of urea groups is 1. The number of likely N-dealkylation sites (N-methyl/N-ethyl adjacent to an activating group) is 1. The third-order valence-electron chi connectivity index (χ3n) is 5.51. The smallest absolute Gasteiger partial charge is 0.315 e. The van der Waals surface area contributed by atoms with Crippen molar-refractivity contribution in [3.63, 3.8) is 0 Å². The second kappa shape index (κ2) is 11.7. The minimum absolute atomic E-state index is 0.184. The van der Waals surface area contributed by atoms with Gasteiger partial charge in [-0.3, -0.25) is 4.57 Å². The molecular formula is C22H32N8O4. The van der Waals surface area contributed by atoms with Crippen LogP contribution in [0.2, 0.25) is 0 Å². The van der Waals surface area contributed by atoms with Crippen LogP contribution in [0.25, 0.3) is 11.2 Å². The number of anilines is 1. The van der Waals surface area contributed by atoms with Gasteiger partial charge in [0, 0.05) is 33.3 Å². The van der Waals surface area contributed by atoms with Crippen LogP contribution in [0.1, 0.15) is 17.4 Å². The average Bonchev–Trinajstić information content (AvgIpc) is 3.27. The zero-order valence-corrected chi connectivity index (χ0v) is 19.5. The summed E-state index contributed by atoms with van der Waals surface area (Å²) in [4.78, 5) is 26.0. The first kappa shape index (κ1) is 25.3. The number of nitrogen functional groups attached to an aromatic ring is 1. The molecule has 0 bridgehead atoms. The van der Waals surface area contributed by atoms with Crippen LogP contribution in [0.5, 0.6) is 0 Å². The largest absolute Gasteiger partial charge is 0.386 e. The van der Waals surface area contributed by atoms with E-state index in [0.717, 1.165) is 5.56 Å². The van der Waals surface area contributed by atoms with Crippen molar-refractivity contribution in [2.75, 3.05) is 39.5 Å². The van der Waals surface area contributed by atoms with Crippen molar-refractivity contribution >= 4 is 23.0 Å². The number of fused-ring (bicyclic) bond motifs is 1. The number of aromatic nitrogens is 4. The predicted molar refractivity (Wildman–Crippen MR) is 127 cm³/mol. The molecule has 0 aliphatic rings. The average molecular weight is 473 g/mol. The summed E-state index contributed by atoms with van der Waals surface area (Å²) >= 11 is 0. The lowest BCUT2D eigenvalue weighted by molar-refractivity contribution is -0.108. The monoisotopic (exact) mass is 472 g/mol. The highest BCUT2D eigenvalue weighted by molar-refractivity contribution is 5.81. The first-order chi connectivity index (χ1) is 16.3. The summed E-state index contributed by atoms with van der Waals surface area (Å²) in [5.41, 5.74) is 8.62. The van der Waals surface area contributed by atoms with Crippen molar-refractivity contribution in [2.45, 2.75) is 31.9 Å². The number of benzene rings is 1. The minimum Gasteiger partial charge on any atom is -0.386 e. The van der Waals surface area contributed by atoms with Gasteiger partial charge in [-0.05, 0) is 19.5 Å². The highest BCUT2D eigenvalue weighted by Crippen LogP contribution is 2.21. The molecule has 3 rings (SSSR count). The lowest BCUT2D eigenvalue weighted by Gasteiger charge is -2.29. The van der Waals surface area contributed by atoms with Gasteiger partial charge in [-0.2, -0.15) is 0 Å². The second-order valence-corrected chi connectivity index (χ2v) is 8.12. The summed E-state index contributed by atoms with van der Waals surface area (Å²) in [5, 5.41) is 27.1. The number of nitrogens with two attached hydrogens (primary N) is 1. The first-order valence-electron chi connectivity index (χ1n) is 10.9. The Morgan fingerprint density at radius 2 is 1.94 bits per heavy atom. The number of aryl methyl sites for hydroxylation is 1. The number of hydrogen-bond acceptors (Lipinski definition) is 9. The number of methoxy groups -OCH3 is 1. The van der Waals surface area contributed by atoms with Gasteiger partial charge in [0.1, 0.15) is 24.1 Å². The Balaban J connectivity index is 1.45. The Morgan fingerprint density at radius 1 is 1.21 bits per heavy atom. The van der Waals surface area contributed by atoms with Crippen LogP contribution in [-0.2, 0) is 11.3 Å². The number of hydrogen-bond donors (Lipinski definition) is 5. The van der Waals surface area contributed by atoms with E-state index in [-0.39, 0.29) is 11.8 Å². The zero-order chi connectivity index (χ0) is 24.7. The maximum absolute atomic E-state index is 12.0. The van der Waals surface area contributed by atoms with E-state index in [1.54, 1.807) is 0 Å². The van der Waals surface area contributed by atoms with Crippen LogP contribution < -0.4 is 16.4 Å². The van der Waals surface area contributed by atoms with E-state index in [0.29, 0.717) is 37.3 Å². The molecule has 0 saturated heterocycles. The topological polar surface area (TPSA) is 164 Å². The van der Waals surface area contributed by atoms with Crippen molar-refractivity contribution in [3.8, 4) is 0 Å². The summed E-state index contributed by atoms with van der Waals surface area (Å²) in [7, 11) is 3.29. The van der Waals surface area contributed by atoms with Gasteiger partial charge in [0.2, 0.25) is 0 Å². The Kier molecular flexibility index (Phi) is 8.71. The molecule has 0 aliphatic carbocycles. The summed E-state index contributed by atoms with van der Waals surface area (Å²) in [6, 6.07) is 7.69. The fourth-order valence-electron chi connectivity index (χ4n) is 3.45. The third kappa shape index (κ3) is 6.38. The van der Waals surface area contributed by atoms with Crippen LogP contribution in [0.4, 0.5) is 10.6 Å². The fraction of sp³-hybridized carbons (Fsp3) is 0.455. The number of amides is 2. The molecule has 0 aliphatic heterocycles. The molecule has 1 aromatic carbocycles. The van der Waals surface area contributed by atoms with Crippen molar-refractivity contribution in [1.29, 1.82) is 0 Å². The molecular weight excluding hydrogens is 440 g/mol. The Hall–Kier alpha value is -3.32. The number of ether oxygens (including phenoxy) is 1. The van der Waals surface area contributed by atoms with E-state index in [1.165, 1.54) is 29.9 Å². The SMILES string of the molecule is CO[C@H](CN(C)CCNC(=O)NCc1ccc(C)cc1)[C@@H](O)[C@@H](O)n1cnc2c(N)ncnc21. The number of imidazole rings is 1. The number of carbonyl (C=O) groups excluding carboxylic acids is 1.